The molecule has 3 aromatic rings. The van der Waals surface area contributed by atoms with Crippen molar-refractivity contribution in [1.82, 2.24) is 4.98 Å². The fraction of sp³-hybridized carbons (Fsp3) is 0.100. The molecule has 2 aromatic carbocycles. The van der Waals surface area contributed by atoms with Crippen LogP contribution >= 0.6 is 11.6 Å². The number of anilines is 1. The molecule has 2 N–H and O–H groups in total. The fourth-order valence-corrected chi connectivity index (χ4v) is 2.77. The van der Waals surface area contributed by atoms with Crippen molar-refractivity contribution >= 4 is 23.2 Å². The second kappa shape index (κ2) is 8.00. The maximum atomic E-state index is 13.1. The number of alkyl halides is 3. The normalized spacial score (nSPS) is 11.2. The molecule has 5 nitrogen and oxygen atoms in total. The molecule has 0 saturated heterocycles. The molecule has 0 aliphatic heterocycles. The van der Waals surface area contributed by atoms with Gasteiger partial charge in [-0.15, -0.1) is 0 Å². The summed E-state index contributed by atoms with van der Waals surface area (Å²) in [7, 11) is 0. The quantitative estimate of drug-likeness (QED) is 0.591. The molecule has 0 fully saturated rings. The lowest BCUT2D eigenvalue weighted by Crippen LogP contribution is -2.16. The average molecular weight is 423 g/mol. The Bertz CT molecular complexity index is 1130. The zero-order valence-corrected chi connectivity index (χ0v) is 15.7. The number of carbonyl (C=O) groups excluding carboxylic acids is 1. The van der Waals surface area contributed by atoms with Gasteiger partial charge in [0.2, 0.25) is 5.56 Å². The smallest absolute Gasteiger partial charge is 0.416 e. The van der Waals surface area contributed by atoms with Crippen molar-refractivity contribution in [3.63, 3.8) is 0 Å². The Balaban J connectivity index is 2.01. The van der Waals surface area contributed by atoms with Crippen LogP contribution in [-0.2, 0) is 6.18 Å². The number of aromatic amines is 1. The molecular weight excluding hydrogens is 409 g/mol. The third-order valence-corrected chi connectivity index (χ3v) is 4.19. The Morgan fingerprint density at radius 2 is 1.79 bits per heavy atom. The van der Waals surface area contributed by atoms with E-state index in [0.717, 1.165) is 23.8 Å². The summed E-state index contributed by atoms with van der Waals surface area (Å²) in [6.45, 7) is 1.81. The van der Waals surface area contributed by atoms with Crippen LogP contribution in [0.15, 0.2) is 59.5 Å². The number of H-pyrrole nitrogens is 1. The molecule has 0 radical (unpaired) electrons. The van der Waals surface area contributed by atoms with Crippen LogP contribution in [0.3, 0.4) is 0 Å². The Hall–Kier alpha value is -3.26. The zero-order valence-electron chi connectivity index (χ0n) is 14.9. The highest BCUT2D eigenvalue weighted by molar-refractivity contribution is 6.32. The number of carbonyl (C=O) groups is 1. The minimum atomic E-state index is -4.65. The molecular formula is C20H14ClF3N2O3. The van der Waals surface area contributed by atoms with Gasteiger partial charge in [-0.2, -0.15) is 13.2 Å². The number of benzene rings is 2. The minimum Gasteiger partial charge on any atom is -0.455 e. The van der Waals surface area contributed by atoms with Crippen molar-refractivity contribution in [2.24, 2.45) is 0 Å². The van der Waals surface area contributed by atoms with Gasteiger partial charge >= 0.3 is 6.18 Å². The largest absolute Gasteiger partial charge is 0.455 e. The Kier molecular flexibility index (Phi) is 5.65. The molecule has 0 unspecified atom stereocenters. The predicted octanol–water partition coefficient (Wildman–Crippen LogP) is 5.40. The van der Waals surface area contributed by atoms with E-state index in [1.807, 2.05) is 6.92 Å². The lowest BCUT2D eigenvalue weighted by atomic mass is 10.1. The first-order valence-electron chi connectivity index (χ1n) is 8.29. The van der Waals surface area contributed by atoms with E-state index < -0.39 is 23.2 Å². The molecule has 1 amide bonds. The highest BCUT2D eigenvalue weighted by Gasteiger charge is 2.32. The summed E-state index contributed by atoms with van der Waals surface area (Å²) < 4.78 is 45.0. The number of aromatic nitrogens is 1. The van der Waals surface area contributed by atoms with Gasteiger partial charge in [-0.1, -0.05) is 17.7 Å². The van der Waals surface area contributed by atoms with E-state index in [1.165, 1.54) is 12.3 Å². The monoisotopic (exact) mass is 422 g/mol. The summed E-state index contributed by atoms with van der Waals surface area (Å²) in [6, 6.07) is 9.91. The molecule has 150 valence electrons. The molecule has 0 saturated carbocycles. The lowest BCUT2D eigenvalue weighted by molar-refractivity contribution is -0.137. The predicted molar refractivity (Wildman–Crippen MR) is 103 cm³/mol. The first-order chi connectivity index (χ1) is 13.6. The number of halogens is 4. The topological polar surface area (TPSA) is 71.2 Å². The van der Waals surface area contributed by atoms with E-state index in [0.29, 0.717) is 6.07 Å². The SMILES string of the molecule is Cc1ccc(Oc2ccc(C(F)(F)F)cc2C(=O)Nc2cc[nH]c(=O)c2)c(Cl)c1. The second-order valence-electron chi connectivity index (χ2n) is 6.14. The Labute approximate surface area is 168 Å². The molecule has 0 aliphatic carbocycles. The van der Waals surface area contributed by atoms with Crippen molar-refractivity contribution < 1.29 is 22.7 Å². The molecule has 3 rings (SSSR count). The van der Waals surface area contributed by atoms with E-state index in [2.05, 4.69) is 10.3 Å². The van der Waals surface area contributed by atoms with E-state index in [9.17, 15) is 22.8 Å². The lowest BCUT2D eigenvalue weighted by Gasteiger charge is -2.15. The summed E-state index contributed by atoms with van der Waals surface area (Å²) in [6.07, 6.45) is -3.35. The van der Waals surface area contributed by atoms with Gasteiger partial charge in [-0.3, -0.25) is 9.59 Å². The van der Waals surface area contributed by atoms with E-state index in [4.69, 9.17) is 16.3 Å². The van der Waals surface area contributed by atoms with Crippen LogP contribution in [0.2, 0.25) is 5.02 Å². The van der Waals surface area contributed by atoms with Crippen LogP contribution in [0.5, 0.6) is 11.5 Å². The summed E-state index contributed by atoms with van der Waals surface area (Å²) in [5.74, 6) is -0.812. The number of hydrogen-bond acceptors (Lipinski definition) is 3. The van der Waals surface area contributed by atoms with Crippen molar-refractivity contribution in [2.75, 3.05) is 5.32 Å². The molecule has 1 aromatic heterocycles. The van der Waals surface area contributed by atoms with Gasteiger partial charge in [-0.25, -0.2) is 0 Å². The van der Waals surface area contributed by atoms with Crippen LogP contribution in [0.25, 0.3) is 0 Å². The first-order valence-corrected chi connectivity index (χ1v) is 8.66. The Morgan fingerprint density at radius 3 is 2.45 bits per heavy atom. The van der Waals surface area contributed by atoms with E-state index >= 15 is 0 Å². The maximum Gasteiger partial charge on any atom is 0.416 e. The summed E-state index contributed by atoms with van der Waals surface area (Å²) in [5, 5.41) is 2.63. The van der Waals surface area contributed by atoms with Gasteiger partial charge in [0, 0.05) is 18.0 Å². The van der Waals surface area contributed by atoms with Gasteiger partial charge in [-0.05, 0) is 48.9 Å². The third-order valence-electron chi connectivity index (χ3n) is 3.89. The van der Waals surface area contributed by atoms with Crippen molar-refractivity contribution in [2.45, 2.75) is 13.1 Å². The number of ether oxygens (including phenoxy) is 1. The first kappa shape index (κ1) is 20.5. The number of nitrogens with one attached hydrogen (secondary N) is 2. The van der Waals surface area contributed by atoms with Crippen molar-refractivity contribution in [3.8, 4) is 11.5 Å². The number of pyridine rings is 1. The van der Waals surface area contributed by atoms with Crippen LogP contribution < -0.4 is 15.6 Å². The number of rotatable bonds is 4. The van der Waals surface area contributed by atoms with Crippen molar-refractivity contribution in [1.29, 1.82) is 0 Å². The number of hydrogen-bond donors (Lipinski definition) is 2. The van der Waals surface area contributed by atoms with Crippen LogP contribution in [-0.4, -0.2) is 10.9 Å². The number of aryl methyl sites for hydroxylation is 1. The average Bonchev–Trinajstić information content (AvgIpc) is 2.63. The highest BCUT2D eigenvalue weighted by Crippen LogP contribution is 2.36. The van der Waals surface area contributed by atoms with Crippen molar-refractivity contribution in [3.05, 3.63) is 86.8 Å². The molecule has 0 spiro atoms. The summed E-state index contributed by atoms with van der Waals surface area (Å²) in [5.41, 5.74) is -0.875. The van der Waals surface area contributed by atoms with Gasteiger partial charge in [0.15, 0.2) is 0 Å². The third kappa shape index (κ3) is 4.97. The molecule has 1 heterocycles. The van der Waals surface area contributed by atoms with Crippen LogP contribution in [0.1, 0.15) is 21.5 Å². The Morgan fingerprint density at radius 1 is 1.07 bits per heavy atom. The van der Waals surface area contributed by atoms with Gasteiger partial charge in [0.05, 0.1) is 16.1 Å². The zero-order chi connectivity index (χ0) is 21.2. The second-order valence-corrected chi connectivity index (χ2v) is 6.55. The van der Waals surface area contributed by atoms with E-state index in [1.54, 1.807) is 18.2 Å². The van der Waals surface area contributed by atoms with Gasteiger partial charge in [0.25, 0.3) is 5.91 Å². The van der Waals surface area contributed by atoms with Gasteiger partial charge in [0.1, 0.15) is 11.5 Å². The van der Waals surface area contributed by atoms with E-state index in [-0.39, 0.29) is 27.8 Å². The molecule has 0 bridgehead atoms. The minimum absolute atomic E-state index is 0.119. The standard InChI is InChI=1S/C20H14ClF3N2O3/c1-11-2-4-17(15(21)8-11)29-16-5-3-12(20(22,23)24)9-14(16)19(28)26-13-6-7-25-18(27)10-13/h2-10H,1H3,(H2,25,26,27,28). The summed E-state index contributed by atoms with van der Waals surface area (Å²) >= 11 is 6.12. The van der Waals surface area contributed by atoms with Crippen LogP contribution in [0, 0.1) is 6.92 Å². The molecule has 9 heteroatoms. The fourth-order valence-electron chi connectivity index (χ4n) is 2.50. The molecule has 0 atom stereocenters. The summed E-state index contributed by atoms with van der Waals surface area (Å²) in [4.78, 5) is 26.4. The highest BCUT2D eigenvalue weighted by atomic mass is 35.5. The van der Waals surface area contributed by atoms with Gasteiger partial charge < -0.3 is 15.0 Å². The molecule has 29 heavy (non-hydrogen) atoms. The molecule has 0 aliphatic rings. The number of amides is 1. The maximum absolute atomic E-state index is 13.1. The van der Waals surface area contributed by atoms with Crippen LogP contribution in [0.4, 0.5) is 18.9 Å².